The largest absolute Gasteiger partial charge is 0.368 e. The molecular formula is C24H32F2N6O2. The molecule has 2 N–H and O–H groups in total. The zero-order valence-corrected chi connectivity index (χ0v) is 19.6. The molecule has 1 saturated carbocycles. The number of allylic oxidation sites excluding steroid dienone is 2. The predicted octanol–water partition coefficient (Wildman–Crippen LogP) is 2.11. The van der Waals surface area contributed by atoms with Gasteiger partial charge in [-0.1, -0.05) is 11.6 Å². The van der Waals surface area contributed by atoms with Crippen molar-refractivity contribution >= 4 is 24.2 Å². The van der Waals surface area contributed by atoms with Gasteiger partial charge in [0.15, 0.2) is 0 Å². The summed E-state index contributed by atoms with van der Waals surface area (Å²) >= 11 is 0. The molecule has 3 rings (SSSR count). The van der Waals surface area contributed by atoms with E-state index in [4.69, 9.17) is 0 Å². The van der Waals surface area contributed by atoms with Crippen LogP contribution in [0.5, 0.6) is 0 Å². The molecule has 0 radical (unpaired) electrons. The minimum Gasteiger partial charge on any atom is -0.368 e. The van der Waals surface area contributed by atoms with Crippen LogP contribution in [0.25, 0.3) is 0 Å². The molecule has 0 spiro atoms. The SMILES string of the molecule is CNC(=O)c1ccc(N2CCN(CC(/C=C/NC=O)CN=C/C=C(\C)C3CC3(F)F)CC2)cn1. The number of alkyl halides is 2. The maximum absolute atomic E-state index is 13.2. The van der Waals surface area contributed by atoms with Gasteiger partial charge in [0.2, 0.25) is 6.41 Å². The lowest BCUT2D eigenvalue weighted by molar-refractivity contribution is -0.108. The van der Waals surface area contributed by atoms with E-state index < -0.39 is 11.8 Å². The average Bonchev–Trinajstić information content (AvgIpc) is 3.49. The molecule has 0 aromatic carbocycles. The molecule has 184 valence electrons. The van der Waals surface area contributed by atoms with E-state index in [2.05, 4.69) is 30.4 Å². The first kappa shape index (κ1) is 25.5. The Morgan fingerprint density at radius 1 is 1.32 bits per heavy atom. The Morgan fingerprint density at radius 2 is 2.06 bits per heavy atom. The lowest BCUT2D eigenvalue weighted by Gasteiger charge is -2.37. The molecule has 0 bridgehead atoms. The molecule has 1 aromatic heterocycles. The summed E-state index contributed by atoms with van der Waals surface area (Å²) in [6.45, 7) is 6.32. The quantitative estimate of drug-likeness (QED) is 0.379. The second-order valence-corrected chi connectivity index (χ2v) is 8.61. The molecule has 2 heterocycles. The van der Waals surface area contributed by atoms with Crippen molar-refractivity contribution in [3.05, 3.63) is 47.9 Å². The normalized spacial score (nSPS) is 21.6. The highest BCUT2D eigenvalue weighted by atomic mass is 19.3. The molecule has 1 aliphatic heterocycles. The summed E-state index contributed by atoms with van der Waals surface area (Å²) in [6.07, 6.45) is 9.04. The summed E-state index contributed by atoms with van der Waals surface area (Å²) in [5.74, 6) is -3.36. The van der Waals surface area contributed by atoms with E-state index in [-0.39, 0.29) is 18.2 Å². The maximum Gasteiger partial charge on any atom is 0.269 e. The molecule has 2 unspecified atom stereocenters. The first-order valence-corrected chi connectivity index (χ1v) is 11.4. The summed E-state index contributed by atoms with van der Waals surface area (Å²) < 4.78 is 26.3. The van der Waals surface area contributed by atoms with Gasteiger partial charge in [-0.3, -0.25) is 19.5 Å². The highest BCUT2D eigenvalue weighted by Gasteiger charge is 2.57. The first-order chi connectivity index (χ1) is 16.3. The zero-order valence-electron chi connectivity index (χ0n) is 19.6. The van der Waals surface area contributed by atoms with Crippen molar-refractivity contribution in [2.45, 2.75) is 19.3 Å². The molecule has 2 amide bonds. The van der Waals surface area contributed by atoms with Gasteiger partial charge in [0.05, 0.1) is 11.9 Å². The van der Waals surface area contributed by atoms with E-state index in [1.165, 1.54) is 0 Å². The third kappa shape index (κ3) is 7.18. The van der Waals surface area contributed by atoms with Crippen molar-refractivity contribution in [3.8, 4) is 0 Å². The number of amides is 2. The van der Waals surface area contributed by atoms with Crippen LogP contribution in [0.3, 0.4) is 0 Å². The Hall–Kier alpha value is -3.14. The molecule has 2 fully saturated rings. The summed E-state index contributed by atoms with van der Waals surface area (Å²) in [5, 5.41) is 5.09. The average molecular weight is 475 g/mol. The van der Waals surface area contributed by atoms with Gasteiger partial charge >= 0.3 is 0 Å². The second-order valence-electron chi connectivity index (χ2n) is 8.61. The molecule has 2 aliphatic rings. The Kier molecular flexibility index (Phi) is 8.86. The summed E-state index contributed by atoms with van der Waals surface area (Å²) in [5.41, 5.74) is 2.02. The molecule has 2 atom stereocenters. The zero-order chi connectivity index (χ0) is 24.6. The van der Waals surface area contributed by atoms with Crippen molar-refractivity contribution in [2.24, 2.45) is 16.8 Å². The van der Waals surface area contributed by atoms with Crippen LogP contribution in [-0.2, 0) is 4.79 Å². The highest BCUT2D eigenvalue weighted by molar-refractivity contribution is 5.92. The fourth-order valence-electron chi connectivity index (χ4n) is 3.96. The minimum absolute atomic E-state index is 0.0693. The number of aliphatic imine (C=N–C) groups is 1. The third-order valence-corrected chi connectivity index (χ3v) is 6.13. The van der Waals surface area contributed by atoms with Gasteiger partial charge in [-0.25, -0.2) is 13.8 Å². The van der Waals surface area contributed by atoms with Crippen LogP contribution >= 0.6 is 0 Å². The van der Waals surface area contributed by atoms with E-state index in [1.807, 2.05) is 12.1 Å². The molecule has 1 aliphatic carbocycles. The van der Waals surface area contributed by atoms with E-state index in [0.29, 0.717) is 24.2 Å². The Labute approximate surface area is 198 Å². The number of carbonyl (C=O) groups excluding carboxylic acids is 2. The van der Waals surface area contributed by atoms with Crippen molar-refractivity contribution < 1.29 is 18.4 Å². The standard InChI is InChI=1S/C24H32F2N6O2/c1-18(21-13-24(21,25)26)5-7-28-14-19(6-8-29-17-33)16-31-9-11-32(12-10-31)20-3-4-22(30-15-20)23(34)27-2/h3-8,15,17,19,21H,9-14,16H2,1-2H3,(H,27,34)(H,29,33)/b8-6+,18-5+,28-7?. The van der Waals surface area contributed by atoms with E-state index in [9.17, 15) is 18.4 Å². The van der Waals surface area contributed by atoms with Crippen LogP contribution in [0, 0.1) is 11.8 Å². The van der Waals surface area contributed by atoms with Crippen molar-refractivity contribution in [3.63, 3.8) is 0 Å². The number of pyridine rings is 1. The van der Waals surface area contributed by atoms with Gasteiger partial charge in [0, 0.05) is 70.8 Å². The number of hydrogen-bond donors (Lipinski definition) is 2. The molecule has 1 saturated heterocycles. The van der Waals surface area contributed by atoms with Gasteiger partial charge in [-0.2, -0.15) is 0 Å². The van der Waals surface area contributed by atoms with Gasteiger partial charge in [0.1, 0.15) is 5.69 Å². The minimum atomic E-state index is -2.56. The predicted molar refractivity (Wildman–Crippen MR) is 128 cm³/mol. The first-order valence-electron chi connectivity index (χ1n) is 11.4. The van der Waals surface area contributed by atoms with Crippen LogP contribution in [0.2, 0.25) is 0 Å². The lowest BCUT2D eigenvalue weighted by atomic mass is 10.1. The van der Waals surface area contributed by atoms with Gasteiger partial charge in [-0.15, -0.1) is 0 Å². The Balaban J connectivity index is 1.50. The Morgan fingerprint density at radius 3 is 2.65 bits per heavy atom. The van der Waals surface area contributed by atoms with E-state index in [1.54, 1.807) is 44.7 Å². The maximum atomic E-state index is 13.2. The number of nitrogens with one attached hydrogen (secondary N) is 2. The van der Waals surface area contributed by atoms with Crippen LogP contribution in [0.4, 0.5) is 14.5 Å². The third-order valence-electron chi connectivity index (χ3n) is 6.13. The number of carbonyl (C=O) groups is 2. The molecular weight excluding hydrogens is 442 g/mol. The fourth-order valence-corrected chi connectivity index (χ4v) is 3.96. The topological polar surface area (TPSA) is 89.9 Å². The number of anilines is 1. The second kappa shape index (κ2) is 11.8. The number of aromatic nitrogens is 1. The van der Waals surface area contributed by atoms with Crippen molar-refractivity contribution in [1.29, 1.82) is 0 Å². The fraction of sp³-hybridized carbons (Fsp3) is 0.500. The highest BCUT2D eigenvalue weighted by Crippen LogP contribution is 2.52. The van der Waals surface area contributed by atoms with Crippen LogP contribution < -0.4 is 15.5 Å². The number of rotatable bonds is 11. The van der Waals surface area contributed by atoms with Crippen molar-refractivity contribution in [2.75, 3.05) is 51.2 Å². The summed E-state index contributed by atoms with van der Waals surface area (Å²) in [4.78, 5) is 35.5. The lowest BCUT2D eigenvalue weighted by Crippen LogP contribution is -2.48. The molecule has 1 aromatic rings. The van der Waals surface area contributed by atoms with Gasteiger partial charge in [0.25, 0.3) is 11.8 Å². The van der Waals surface area contributed by atoms with Crippen molar-refractivity contribution in [1.82, 2.24) is 20.5 Å². The summed E-state index contributed by atoms with van der Waals surface area (Å²) in [6, 6.07) is 3.63. The number of piperazine rings is 1. The Bertz CT molecular complexity index is 924. The molecule has 34 heavy (non-hydrogen) atoms. The van der Waals surface area contributed by atoms with Gasteiger partial charge in [-0.05, 0) is 31.3 Å². The number of nitrogens with zero attached hydrogens (tertiary/aromatic N) is 4. The molecule has 10 heteroatoms. The van der Waals surface area contributed by atoms with E-state index in [0.717, 1.165) is 38.4 Å². The smallest absolute Gasteiger partial charge is 0.269 e. The van der Waals surface area contributed by atoms with E-state index >= 15 is 0 Å². The van der Waals surface area contributed by atoms with Crippen LogP contribution in [0.15, 0.2) is 47.2 Å². The van der Waals surface area contributed by atoms with Crippen LogP contribution in [0.1, 0.15) is 23.8 Å². The number of hydrogen-bond acceptors (Lipinski definition) is 6. The monoisotopic (exact) mass is 474 g/mol. The summed E-state index contributed by atoms with van der Waals surface area (Å²) in [7, 11) is 1.58. The number of halogens is 2. The van der Waals surface area contributed by atoms with Crippen LogP contribution in [-0.4, -0.2) is 80.7 Å². The van der Waals surface area contributed by atoms with Gasteiger partial charge < -0.3 is 15.5 Å². The molecule has 8 nitrogen and oxygen atoms in total.